The summed E-state index contributed by atoms with van der Waals surface area (Å²) < 4.78 is 11.2. The van der Waals surface area contributed by atoms with E-state index in [2.05, 4.69) is 10.2 Å². The second-order valence-corrected chi connectivity index (χ2v) is 7.38. The third kappa shape index (κ3) is 3.98. The zero-order chi connectivity index (χ0) is 21.9. The number of benzene rings is 3. The van der Waals surface area contributed by atoms with Crippen molar-refractivity contribution in [1.82, 2.24) is 15.2 Å². The Morgan fingerprint density at radius 3 is 2.44 bits per heavy atom. The quantitative estimate of drug-likeness (QED) is 0.343. The van der Waals surface area contributed by atoms with Crippen LogP contribution in [0.25, 0.3) is 33.6 Å². The number of carbonyl (C=O) groups excluding carboxylic acids is 1. The second kappa shape index (κ2) is 8.43. The monoisotopic (exact) mass is 421 g/mol. The van der Waals surface area contributed by atoms with Gasteiger partial charge in [-0.2, -0.15) is 0 Å². The Morgan fingerprint density at radius 2 is 1.62 bits per heavy atom. The standard InChI is InChI=1S/C26H19N3O3/c1-17-11-13-18(14-12-17)23-15-21(20-9-5-6-10-22(20)27-23)26(30)31-16-24-28-29-25(32-24)19-7-3-2-4-8-19/h2-15H,16H2,1H3. The fourth-order valence-electron chi connectivity index (χ4n) is 3.43. The predicted octanol–water partition coefficient (Wildman–Crippen LogP) is 5.62. The summed E-state index contributed by atoms with van der Waals surface area (Å²) in [6.07, 6.45) is 0. The van der Waals surface area contributed by atoms with E-state index in [1.54, 1.807) is 6.07 Å². The molecule has 5 rings (SSSR count). The third-order valence-electron chi connectivity index (χ3n) is 5.10. The summed E-state index contributed by atoms with van der Waals surface area (Å²) in [5.74, 6) is 0.137. The van der Waals surface area contributed by atoms with Crippen molar-refractivity contribution in [2.45, 2.75) is 13.5 Å². The lowest BCUT2D eigenvalue weighted by molar-refractivity contribution is 0.0441. The Balaban J connectivity index is 1.42. The topological polar surface area (TPSA) is 78.1 Å². The van der Waals surface area contributed by atoms with Crippen molar-refractivity contribution in [2.24, 2.45) is 0 Å². The summed E-state index contributed by atoms with van der Waals surface area (Å²) in [5.41, 5.74) is 4.76. The molecule has 5 aromatic rings. The van der Waals surface area contributed by atoms with Gasteiger partial charge in [0.2, 0.25) is 5.89 Å². The van der Waals surface area contributed by atoms with Crippen molar-refractivity contribution in [2.75, 3.05) is 0 Å². The molecule has 0 radical (unpaired) electrons. The zero-order valence-electron chi connectivity index (χ0n) is 17.4. The number of aryl methyl sites for hydroxylation is 1. The van der Waals surface area contributed by atoms with Crippen molar-refractivity contribution in [3.8, 4) is 22.7 Å². The first-order valence-electron chi connectivity index (χ1n) is 10.2. The summed E-state index contributed by atoms with van der Waals surface area (Å²) >= 11 is 0. The third-order valence-corrected chi connectivity index (χ3v) is 5.10. The number of hydrogen-bond acceptors (Lipinski definition) is 6. The van der Waals surface area contributed by atoms with Crippen LogP contribution >= 0.6 is 0 Å². The van der Waals surface area contributed by atoms with Crippen LogP contribution in [0.4, 0.5) is 0 Å². The van der Waals surface area contributed by atoms with Gasteiger partial charge in [0.1, 0.15) is 0 Å². The van der Waals surface area contributed by atoms with Gasteiger partial charge in [-0.1, -0.05) is 66.2 Å². The minimum atomic E-state index is -0.476. The number of para-hydroxylation sites is 1. The summed E-state index contributed by atoms with van der Waals surface area (Å²) in [5, 5.41) is 8.74. The Bertz CT molecular complexity index is 1390. The van der Waals surface area contributed by atoms with Crippen LogP contribution in [0.3, 0.4) is 0 Å². The molecule has 2 aromatic heterocycles. The number of nitrogens with zero attached hydrogens (tertiary/aromatic N) is 3. The summed E-state index contributed by atoms with van der Waals surface area (Å²) in [6.45, 7) is 1.91. The molecule has 0 aliphatic carbocycles. The largest absolute Gasteiger partial charge is 0.452 e. The summed E-state index contributed by atoms with van der Waals surface area (Å²) in [4.78, 5) is 17.7. The SMILES string of the molecule is Cc1ccc(-c2cc(C(=O)OCc3nnc(-c4ccccc4)o3)c3ccccc3n2)cc1. The Hall–Kier alpha value is -4.32. The number of pyridine rings is 1. The molecule has 0 N–H and O–H groups in total. The Kier molecular flexibility index (Phi) is 5.17. The van der Waals surface area contributed by atoms with Gasteiger partial charge in [0, 0.05) is 16.5 Å². The highest BCUT2D eigenvalue weighted by Gasteiger charge is 2.17. The van der Waals surface area contributed by atoms with E-state index in [1.807, 2.05) is 85.8 Å². The highest BCUT2D eigenvalue weighted by atomic mass is 16.5. The zero-order valence-corrected chi connectivity index (χ0v) is 17.4. The molecular formula is C26H19N3O3. The molecule has 0 spiro atoms. The summed E-state index contributed by atoms with van der Waals surface area (Å²) in [6, 6.07) is 26.7. The van der Waals surface area contributed by atoms with Gasteiger partial charge in [-0.15, -0.1) is 10.2 Å². The first kappa shape index (κ1) is 19.6. The number of hydrogen-bond donors (Lipinski definition) is 0. The number of esters is 1. The molecule has 0 unspecified atom stereocenters. The first-order chi connectivity index (χ1) is 15.7. The highest BCUT2D eigenvalue weighted by Crippen LogP contribution is 2.26. The van der Waals surface area contributed by atoms with Crippen molar-refractivity contribution in [1.29, 1.82) is 0 Å². The Labute approximate surface area is 184 Å². The molecular weight excluding hydrogens is 402 g/mol. The van der Waals surface area contributed by atoms with Gasteiger partial charge < -0.3 is 9.15 Å². The lowest BCUT2D eigenvalue weighted by Crippen LogP contribution is -2.07. The minimum absolute atomic E-state index is 0.116. The Morgan fingerprint density at radius 1 is 0.875 bits per heavy atom. The van der Waals surface area contributed by atoms with Crippen LogP contribution < -0.4 is 0 Å². The van der Waals surface area contributed by atoms with Crippen molar-refractivity contribution in [3.63, 3.8) is 0 Å². The van der Waals surface area contributed by atoms with Crippen LogP contribution in [0, 0.1) is 6.92 Å². The van der Waals surface area contributed by atoms with E-state index in [1.165, 1.54) is 0 Å². The van der Waals surface area contributed by atoms with Gasteiger partial charge in [0.15, 0.2) is 6.61 Å². The average molecular weight is 421 g/mol. The van der Waals surface area contributed by atoms with Crippen LogP contribution in [-0.4, -0.2) is 21.2 Å². The summed E-state index contributed by atoms with van der Waals surface area (Å²) in [7, 11) is 0. The van der Waals surface area contributed by atoms with Gasteiger partial charge in [-0.3, -0.25) is 0 Å². The smallest absolute Gasteiger partial charge is 0.339 e. The molecule has 0 amide bonds. The van der Waals surface area contributed by atoms with Crippen LogP contribution in [0.15, 0.2) is 89.3 Å². The lowest BCUT2D eigenvalue weighted by Gasteiger charge is -2.09. The molecule has 0 bridgehead atoms. The van der Waals surface area contributed by atoms with Crippen molar-refractivity contribution < 1.29 is 13.9 Å². The number of aromatic nitrogens is 3. The molecule has 6 nitrogen and oxygen atoms in total. The molecule has 6 heteroatoms. The maximum Gasteiger partial charge on any atom is 0.339 e. The van der Waals surface area contributed by atoms with E-state index >= 15 is 0 Å². The van der Waals surface area contributed by atoms with Crippen LogP contribution in [0.2, 0.25) is 0 Å². The van der Waals surface area contributed by atoms with E-state index in [0.29, 0.717) is 17.1 Å². The molecule has 2 heterocycles. The maximum atomic E-state index is 13.0. The molecule has 156 valence electrons. The van der Waals surface area contributed by atoms with Crippen LogP contribution in [0.1, 0.15) is 21.8 Å². The van der Waals surface area contributed by atoms with E-state index in [0.717, 1.165) is 27.6 Å². The molecule has 0 saturated heterocycles. The van der Waals surface area contributed by atoms with Gasteiger partial charge in [-0.25, -0.2) is 9.78 Å². The average Bonchev–Trinajstić information content (AvgIpc) is 3.32. The van der Waals surface area contributed by atoms with Crippen LogP contribution in [-0.2, 0) is 11.3 Å². The van der Waals surface area contributed by atoms with Gasteiger partial charge in [0.05, 0.1) is 16.8 Å². The molecule has 0 atom stereocenters. The number of carbonyl (C=O) groups is 1. The first-order valence-corrected chi connectivity index (χ1v) is 10.2. The van der Waals surface area contributed by atoms with Gasteiger partial charge in [-0.05, 0) is 31.2 Å². The molecule has 0 fully saturated rings. The van der Waals surface area contributed by atoms with E-state index < -0.39 is 5.97 Å². The molecule has 0 aliphatic heterocycles. The highest BCUT2D eigenvalue weighted by molar-refractivity contribution is 6.04. The van der Waals surface area contributed by atoms with Crippen LogP contribution in [0.5, 0.6) is 0 Å². The molecule has 32 heavy (non-hydrogen) atoms. The predicted molar refractivity (Wildman–Crippen MR) is 121 cm³/mol. The van der Waals surface area contributed by atoms with Crippen molar-refractivity contribution in [3.05, 3.63) is 102 Å². The fraction of sp³-hybridized carbons (Fsp3) is 0.0769. The molecule has 3 aromatic carbocycles. The lowest BCUT2D eigenvalue weighted by atomic mass is 10.0. The normalized spacial score (nSPS) is 10.9. The maximum absolute atomic E-state index is 13.0. The molecule has 0 aliphatic rings. The van der Waals surface area contributed by atoms with Gasteiger partial charge in [0.25, 0.3) is 5.89 Å². The fourth-order valence-corrected chi connectivity index (χ4v) is 3.43. The van der Waals surface area contributed by atoms with Gasteiger partial charge >= 0.3 is 5.97 Å². The van der Waals surface area contributed by atoms with Crippen molar-refractivity contribution >= 4 is 16.9 Å². The minimum Gasteiger partial charge on any atom is -0.452 e. The molecule has 0 saturated carbocycles. The number of fused-ring (bicyclic) bond motifs is 1. The van der Waals surface area contributed by atoms with E-state index in [9.17, 15) is 4.79 Å². The van der Waals surface area contributed by atoms with E-state index in [-0.39, 0.29) is 12.5 Å². The number of ether oxygens (including phenoxy) is 1. The van der Waals surface area contributed by atoms with E-state index in [4.69, 9.17) is 14.1 Å². The number of rotatable bonds is 5. The second-order valence-electron chi connectivity index (χ2n) is 7.38.